The van der Waals surface area contributed by atoms with Crippen molar-refractivity contribution < 1.29 is 0 Å². The van der Waals surface area contributed by atoms with E-state index in [9.17, 15) is 0 Å². The van der Waals surface area contributed by atoms with Gasteiger partial charge in [-0.15, -0.1) is 0 Å². The summed E-state index contributed by atoms with van der Waals surface area (Å²) in [4.78, 5) is 11.6. The van der Waals surface area contributed by atoms with Gasteiger partial charge in [-0.25, -0.2) is 4.98 Å². The van der Waals surface area contributed by atoms with Gasteiger partial charge in [-0.3, -0.25) is 4.98 Å². The number of aromatic nitrogens is 3. The Bertz CT molecular complexity index is 1360. The highest BCUT2D eigenvalue weighted by Gasteiger charge is 2.42. The van der Waals surface area contributed by atoms with Gasteiger partial charge < -0.3 is 14.8 Å². The van der Waals surface area contributed by atoms with Crippen molar-refractivity contribution in [3.05, 3.63) is 106 Å². The van der Waals surface area contributed by atoms with Crippen LogP contribution in [0.5, 0.6) is 0 Å². The van der Waals surface area contributed by atoms with E-state index < -0.39 is 0 Å². The van der Waals surface area contributed by atoms with E-state index in [4.69, 9.17) is 17.2 Å². The summed E-state index contributed by atoms with van der Waals surface area (Å²) in [6.45, 7) is 10.6. The number of benzene rings is 1. The van der Waals surface area contributed by atoms with Gasteiger partial charge in [0.1, 0.15) is 5.82 Å². The lowest BCUT2D eigenvalue weighted by molar-refractivity contribution is 0.565. The van der Waals surface area contributed by atoms with Gasteiger partial charge in [-0.2, -0.15) is 0 Å². The second-order valence-corrected chi connectivity index (χ2v) is 9.51. The van der Waals surface area contributed by atoms with Crippen molar-refractivity contribution in [1.29, 1.82) is 0 Å². The number of nitrogens with zero attached hydrogens (tertiary/aromatic N) is 4. The van der Waals surface area contributed by atoms with Crippen LogP contribution >= 0.6 is 12.2 Å². The quantitative estimate of drug-likeness (QED) is 0.374. The molecule has 4 aromatic rings. The van der Waals surface area contributed by atoms with Crippen molar-refractivity contribution in [2.75, 3.05) is 4.90 Å². The Labute approximate surface area is 206 Å². The molecule has 1 fully saturated rings. The zero-order valence-electron chi connectivity index (χ0n) is 20.2. The monoisotopic (exact) mass is 467 g/mol. The molecule has 1 aromatic carbocycles. The lowest BCUT2D eigenvalue weighted by Crippen LogP contribution is -2.29. The number of aryl methyl sites for hydroxylation is 4. The largest absolute Gasteiger partial charge is 0.351 e. The molecule has 4 heterocycles. The number of nitrogens with one attached hydrogen (secondary N) is 1. The van der Waals surface area contributed by atoms with Crippen molar-refractivity contribution in [2.45, 2.75) is 46.7 Å². The van der Waals surface area contributed by atoms with Crippen LogP contribution in [0.4, 0.5) is 5.69 Å². The first kappa shape index (κ1) is 22.3. The minimum atomic E-state index is -0.0739. The molecule has 1 aliphatic rings. The van der Waals surface area contributed by atoms with Gasteiger partial charge in [-0.05, 0) is 105 Å². The summed E-state index contributed by atoms with van der Waals surface area (Å²) >= 11 is 5.91. The molecule has 5 rings (SSSR count). The molecule has 6 heteroatoms. The van der Waals surface area contributed by atoms with Gasteiger partial charge in [0.05, 0.1) is 17.8 Å². The standard InChI is InChI=1S/C28H29N5S/c1-17-9-12-25(30-16-17)32-20(4)15-23(21(32)5)27-26(24-8-6-7-13-29-24)31-28(34)33(27)22-11-10-18(2)19(3)14-22/h6-16,26-27H,1-5H3,(H,31,34)/t26-,27+/m0/s1. The first-order chi connectivity index (χ1) is 16.3. The average Bonchev–Trinajstić information content (AvgIpc) is 3.32. The number of rotatable bonds is 4. The first-order valence-corrected chi connectivity index (χ1v) is 12.0. The topological polar surface area (TPSA) is 46.0 Å². The van der Waals surface area contributed by atoms with Crippen molar-refractivity contribution in [3.8, 4) is 5.82 Å². The van der Waals surface area contributed by atoms with E-state index in [1.54, 1.807) is 0 Å². The second-order valence-electron chi connectivity index (χ2n) is 9.12. The number of thiocarbonyl (C=S) groups is 1. The van der Waals surface area contributed by atoms with Gasteiger partial charge in [0, 0.05) is 29.5 Å². The molecule has 0 aliphatic carbocycles. The third kappa shape index (κ3) is 3.78. The zero-order chi connectivity index (χ0) is 24.0. The van der Waals surface area contributed by atoms with Gasteiger partial charge in [0.2, 0.25) is 0 Å². The minimum Gasteiger partial charge on any atom is -0.351 e. The molecule has 3 aromatic heterocycles. The van der Waals surface area contributed by atoms with Crippen LogP contribution < -0.4 is 10.2 Å². The molecule has 1 aliphatic heterocycles. The van der Waals surface area contributed by atoms with Crippen LogP contribution in [0.15, 0.2) is 67.0 Å². The molecule has 172 valence electrons. The third-order valence-corrected chi connectivity index (χ3v) is 7.10. The molecule has 34 heavy (non-hydrogen) atoms. The molecule has 0 radical (unpaired) electrons. The van der Waals surface area contributed by atoms with Gasteiger partial charge >= 0.3 is 0 Å². The van der Waals surface area contributed by atoms with E-state index in [0.717, 1.165) is 34.2 Å². The highest BCUT2D eigenvalue weighted by molar-refractivity contribution is 7.80. The van der Waals surface area contributed by atoms with E-state index in [1.165, 1.54) is 16.7 Å². The van der Waals surface area contributed by atoms with Crippen LogP contribution in [0.1, 0.15) is 51.4 Å². The Hall–Kier alpha value is -3.51. The lowest BCUT2D eigenvalue weighted by Gasteiger charge is -2.28. The van der Waals surface area contributed by atoms with Crippen LogP contribution in [-0.2, 0) is 0 Å². The maximum Gasteiger partial charge on any atom is 0.174 e. The van der Waals surface area contributed by atoms with Crippen LogP contribution in [-0.4, -0.2) is 19.6 Å². The predicted octanol–water partition coefficient (Wildman–Crippen LogP) is 5.99. The Morgan fingerprint density at radius 2 is 1.71 bits per heavy atom. The maximum atomic E-state index is 5.91. The van der Waals surface area contributed by atoms with Crippen molar-refractivity contribution in [2.24, 2.45) is 0 Å². The first-order valence-electron chi connectivity index (χ1n) is 11.5. The second kappa shape index (κ2) is 8.69. The molecular formula is C28H29N5S. The molecule has 5 nitrogen and oxygen atoms in total. The Morgan fingerprint density at radius 1 is 0.882 bits per heavy atom. The zero-order valence-corrected chi connectivity index (χ0v) is 21.0. The van der Waals surface area contributed by atoms with Crippen molar-refractivity contribution in [3.63, 3.8) is 0 Å². The van der Waals surface area contributed by atoms with Crippen LogP contribution in [0.3, 0.4) is 0 Å². The Kier molecular flexibility index (Phi) is 5.70. The van der Waals surface area contributed by atoms with Gasteiger partial charge in [0.25, 0.3) is 0 Å². The van der Waals surface area contributed by atoms with Crippen LogP contribution in [0, 0.1) is 34.6 Å². The smallest absolute Gasteiger partial charge is 0.174 e. The molecule has 1 saturated heterocycles. The fraction of sp³-hybridized carbons (Fsp3) is 0.250. The summed E-state index contributed by atoms with van der Waals surface area (Å²) in [7, 11) is 0. The van der Waals surface area contributed by atoms with Gasteiger partial charge in [0.15, 0.2) is 5.11 Å². The minimum absolute atomic E-state index is 0.0464. The summed E-state index contributed by atoms with van der Waals surface area (Å²) in [5, 5.41) is 4.28. The van der Waals surface area contributed by atoms with E-state index in [2.05, 4.69) is 96.9 Å². The molecular weight excluding hydrogens is 438 g/mol. The third-order valence-electron chi connectivity index (χ3n) is 6.78. The van der Waals surface area contributed by atoms with Gasteiger partial charge in [-0.1, -0.05) is 18.2 Å². The molecule has 0 saturated carbocycles. The number of anilines is 1. The summed E-state index contributed by atoms with van der Waals surface area (Å²) < 4.78 is 2.23. The fourth-order valence-corrected chi connectivity index (χ4v) is 5.20. The van der Waals surface area contributed by atoms with E-state index in [1.807, 2.05) is 24.5 Å². The van der Waals surface area contributed by atoms with E-state index in [-0.39, 0.29) is 12.1 Å². The van der Waals surface area contributed by atoms with Crippen LogP contribution in [0.2, 0.25) is 0 Å². The number of hydrogen-bond acceptors (Lipinski definition) is 3. The highest BCUT2D eigenvalue weighted by atomic mass is 32.1. The summed E-state index contributed by atoms with van der Waals surface area (Å²) in [6, 6.07) is 18.9. The molecule has 0 unspecified atom stereocenters. The summed E-state index contributed by atoms with van der Waals surface area (Å²) in [6.07, 6.45) is 3.76. The molecule has 0 amide bonds. The molecule has 0 bridgehead atoms. The van der Waals surface area contributed by atoms with Crippen molar-refractivity contribution >= 4 is 23.0 Å². The Balaban J connectivity index is 1.68. The summed E-state index contributed by atoms with van der Waals surface area (Å²) in [5.41, 5.74) is 9.22. The molecule has 0 spiro atoms. The number of pyridine rings is 2. The lowest BCUT2D eigenvalue weighted by atomic mass is 9.96. The average molecular weight is 468 g/mol. The van der Waals surface area contributed by atoms with E-state index >= 15 is 0 Å². The fourth-order valence-electron chi connectivity index (χ4n) is 4.86. The molecule has 2 atom stereocenters. The predicted molar refractivity (Wildman–Crippen MR) is 142 cm³/mol. The summed E-state index contributed by atoms with van der Waals surface area (Å²) in [5.74, 6) is 0.924. The maximum absolute atomic E-state index is 5.91. The van der Waals surface area contributed by atoms with Crippen LogP contribution in [0.25, 0.3) is 5.82 Å². The Morgan fingerprint density at radius 3 is 2.38 bits per heavy atom. The SMILES string of the molecule is Cc1ccc(-n2c(C)cc([C@@H]3[C@H](c4ccccn4)NC(=S)N3c3ccc(C)c(C)c3)c2C)nc1. The van der Waals surface area contributed by atoms with E-state index in [0.29, 0.717) is 5.11 Å². The molecule has 1 N–H and O–H groups in total. The van der Waals surface area contributed by atoms with Crippen molar-refractivity contribution in [1.82, 2.24) is 19.9 Å². The highest BCUT2D eigenvalue weighted by Crippen LogP contribution is 2.43. The normalized spacial score (nSPS) is 17.8. The number of hydrogen-bond donors (Lipinski definition) is 1.